The quantitative estimate of drug-likeness (QED) is 0.805. The summed E-state index contributed by atoms with van der Waals surface area (Å²) in [6.45, 7) is 5.47. The smallest absolute Gasteiger partial charge is 0.124 e. The molecule has 1 N–H and O–H groups in total. The van der Waals surface area contributed by atoms with Crippen molar-refractivity contribution >= 4 is 0 Å². The minimum absolute atomic E-state index is 0.259. The van der Waals surface area contributed by atoms with E-state index in [0.717, 1.165) is 37.1 Å². The molecule has 1 aliphatic heterocycles. The molecule has 0 unspecified atom stereocenters. The van der Waals surface area contributed by atoms with Gasteiger partial charge in [-0.05, 0) is 67.6 Å². The predicted octanol–water partition coefficient (Wildman–Crippen LogP) is 3.59. The molecule has 0 bridgehead atoms. The van der Waals surface area contributed by atoms with Crippen LogP contribution in [0.15, 0.2) is 36.4 Å². The van der Waals surface area contributed by atoms with Crippen molar-refractivity contribution < 1.29 is 9.50 Å². The second-order valence-corrected chi connectivity index (χ2v) is 7.58. The first-order valence-electron chi connectivity index (χ1n) is 8.79. The molecule has 3 heteroatoms. The van der Waals surface area contributed by atoms with Crippen molar-refractivity contribution in [1.29, 1.82) is 0 Å². The lowest BCUT2D eigenvalue weighted by Gasteiger charge is -2.47. The molecule has 0 saturated carbocycles. The highest BCUT2D eigenvalue weighted by Crippen LogP contribution is 2.41. The van der Waals surface area contributed by atoms with Gasteiger partial charge in [0.1, 0.15) is 5.82 Å². The maximum Gasteiger partial charge on any atom is 0.124 e. The molecule has 0 radical (unpaired) electrons. The van der Waals surface area contributed by atoms with Gasteiger partial charge in [0.2, 0.25) is 0 Å². The van der Waals surface area contributed by atoms with Gasteiger partial charge in [0.25, 0.3) is 0 Å². The number of halogens is 1. The van der Waals surface area contributed by atoms with Gasteiger partial charge in [0.05, 0.1) is 5.60 Å². The van der Waals surface area contributed by atoms with E-state index >= 15 is 0 Å². The van der Waals surface area contributed by atoms with Gasteiger partial charge in [-0.3, -0.25) is 4.90 Å². The van der Waals surface area contributed by atoms with Crippen LogP contribution in [0.2, 0.25) is 0 Å². The average Bonchev–Trinajstić information content (AvgIpc) is 2.92. The molecule has 1 aliphatic carbocycles. The molecule has 2 aliphatic rings. The minimum atomic E-state index is -0.534. The van der Waals surface area contributed by atoms with Crippen LogP contribution in [0.3, 0.4) is 0 Å². The molecule has 1 heterocycles. The molecule has 0 spiro atoms. The Bertz CT molecular complexity index is 883. The molecule has 4 rings (SSSR count). The summed E-state index contributed by atoms with van der Waals surface area (Å²) in [5, 5.41) is 10.0. The largest absolute Gasteiger partial charge is 0.388 e. The van der Waals surface area contributed by atoms with E-state index in [2.05, 4.69) is 35.8 Å². The van der Waals surface area contributed by atoms with E-state index in [4.69, 9.17) is 0 Å². The van der Waals surface area contributed by atoms with E-state index in [9.17, 15) is 9.50 Å². The second-order valence-electron chi connectivity index (χ2n) is 7.58. The van der Waals surface area contributed by atoms with E-state index in [-0.39, 0.29) is 5.82 Å². The van der Waals surface area contributed by atoms with E-state index < -0.39 is 5.60 Å². The van der Waals surface area contributed by atoms with Crippen LogP contribution < -0.4 is 0 Å². The van der Waals surface area contributed by atoms with Crippen LogP contribution in [0.1, 0.15) is 47.2 Å². The number of β-amino-alcohol motifs (C(OH)–C–C–N with tert-alkyl or cyclic N) is 1. The van der Waals surface area contributed by atoms with Crippen LogP contribution in [0.4, 0.5) is 4.39 Å². The molecule has 0 aromatic heterocycles. The van der Waals surface area contributed by atoms with Crippen LogP contribution in [0.5, 0.6) is 0 Å². The third-order valence-corrected chi connectivity index (χ3v) is 5.23. The maximum atomic E-state index is 13.3. The summed E-state index contributed by atoms with van der Waals surface area (Å²) in [6, 6.07) is 11.2. The van der Waals surface area contributed by atoms with Crippen LogP contribution >= 0.6 is 0 Å². The van der Waals surface area contributed by atoms with E-state index in [0.29, 0.717) is 11.6 Å². The lowest BCUT2D eigenvalue weighted by Crippen LogP contribution is -2.60. The van der Waals surface area contributed by atoms with Crippen molar-refractivity contribution in [2.45, 2.75) is 38.3 Å². The summed E-state index contributed by atoms with van der Waals surface area (Å²) in [7, 11) is 0. The van der Waals surface area contributed by atoms with E-state index in [1.54, 1.807) is 6.07 Å². The SMILES string of the molecule is Cc1cc2c(cc1C#Cc1cccc(F)c1)CC[C@@H]2N1CC(C)(O)C1. The lowest BCUT2D eigenvalue weighted by molar-refractivity contribution is -0.103. The van der Waals surface area contributed by atoms with E-state index in [1.165, 1.54) is 23.3 Å². The Morgan fingerprint density at radius 1 is 1.20 bits per heavy atom. The number of hydrogen-bond donors (Lipinski definition) is 1. The van der Waals surface area contributed by atoms with Crippen LogP contribution in [0.25, 0.3) is 0 Å². The topological polar surface area (TPSA) is 23.5 Å². The molecule has 2 aromatic rings. The first-order valence-corrected chi connectivity index (χ1v) is 8.79. The molecular formula is C22H22FNO. The minimum Gasteiger partial charge on any atom is -0.388 e. The Morgan fingerprint density at radius 2 is 2.00 bits per heavy atom. The number of hydrogen-bond acceptors (Lipinski definition) is 2. The number of likely N-dealkylation sites (tertiary alicyclic amines) is 1. The molecule has 25 heavy (non-hydrogen) atoms. The van der Waals surface area contributed by atoms with Gasteiger partial charge in [0.15, 0.2) is 0 Å². The molecule has 1 fully saturated rings. The number of nitrogens with zero attached hydrogens (tertiary/aromatic N) is 1. The van der Waals surface area contributed by atoms with Crippen molar-refractivity contribution in [3.8, 4) is 11.8 Å². The van der Waals surface area contributed by atoms with Crippen molar-refractivity contribution in [3.63, 3.8) is 0 Å². The number of fused-ring (bicyclic) bond motifs is 1. The van der Waals surface area contributed by atoms with Crippen molar-refractivity contribution in [2.24, 2.45) is 0 Å². The highest BCUT2D eigenvalue weighted by molar-refractivity contribution is 5.51. The first kappa shape index (κ1) is 16.3. The van der Waals surface area contributed by atoms with Gasteiger partial charge in [-0.25, -0.2) is 4.39 Å². The fraction of sp³-hybridized carbons (Fsp3) is 0.364. The van der Waals surface area contributed by atoms with E-state index in [1.807, 2.05) is 13.0 Å². The van der Waals surface area contributed by atoms with Crippen molar-refractivity contribution in [2.75, 3.05) is 13.1 Å². The standard InChI is InChI=1S/C22H22FNO/c1-15-10-20-18(8-9-21(20)24-13-22(2,25)14-24)12-17(15)7-6-16-4-3-5-19(23)11-16/h3-5,10-12,21,25H,8-9,13-14H2,1-2H3/t21-/m0/s1. The summed E-state index contributed by atoms with van der Waals surface area (Å²) >= 11 is 0. The molecular weight excluding hydrogens is 313 g/mol. The predicted molar refractivity (Wildman–Crippen MR) is 96.8 cm³/mol. The number of benzene rings is 2. The molecule has 128 valence electrons. The Hall–Kier alpha value is -2.15. The molecule has 2 aromatic carbocycles. The molecule has 0 amide bonds. The van der Waals surface area contributed by atoms with Gasteiger partial charge in [0, 0.05) is 30.3 Å². The number of aryl methyl sites for hydroxylation is 2. The van der Waals surface area contributed by atoms with Crippen molar-refractivity contribution in [3.05, 3.63) is 70.0 Å². The lowest BCUT2D eigenvalue weighted by atomic mass is 9.92. The first-order chi connectivity index (χ1) is 11.9. The summed E-state index contributed by atoms with van der Waals surface area (Å²) in [4.78, 5) is 2.36. The monoisotopic (exact) mass is 335 g/mol. The second kappa shape index (κ2) is 5.98. The summed E-state index contributed by atoms with van der Waals surface area (Å²) in [6.07, 6.45) is 2.15. The highest BCUT2D eigenvalue weighted by atomic mass is 19.1. The third kappa shape index (κ3) is 3.20. The molecule has 2 nitrogen and oxygen atoms in total. The summed E-state index contributed by atoms with van der Waals surface area (Å²) in [5.74, 6) is 6.01. The van der Waals surface area contributed by atoms with Gasteiger partial charge in [-0.1, -0.05) is 24.0 Å². The highest BCUT2D eigenvalue weighted by Gasteiger charge is 2.42. The van der Waals surface area contributed by atoms with Gasteiger partial charge >= 0.3 is 0 Å². The number of aliphatic hydroxyl groups is 1. The Kier molecular flexibility index (Phi) is 3.91. The summed E-state index contributed by atoms with van der Waals surface area (Å²) in [5.41, 5.74) is 5.06. The normalized spacial score (nSPS) is 21.2. The molecule has 1 atom stereocenters. The fourth-order valence-corrected chi connectivity index (χ4v) is 4.02. The van der Waals surface area contributed by atoms with Crippen molar-refractivity contribution in [1.82, 2.24) is 4.90 Å². The Balaban J connectivity index is 1.59. The zero-order valence-corrected chi connectivity index (χ0v) is 14.6. The summed E-state index contributed by atoms with van der Waals surface area (Å²) < 4.78 is 13.3. The molecule has 1 saturated heterocycles. The zero-order chi connectivity index (χ0) is 17.6. The zero-order valence-electron chi connectivity index (χ0n) is 14.6. The van der Waals surface area contributed by atoms with Crippen LogP contribution in [-0.4, -0.2) is 28.7 Å². The Labute approximate surface area is 148 Å². The maximum absolute atomic E-state index is 13.3. The van der Waals surface area contributed by atoms with Gasteiger partial charge < -0.3 is 5.11 Å². The van der Waals surface area contributed by atoms with Crippen LogP contribution in [-0.2, 0) is 6.42 Å². The third-order valence-electron chi connectivity index (χ3n) is 5.23. The van der Waals surface area contributed by atoms with Gasteiger partial charge in [-0.2, -0.15) is 0 Å². The van der Waals surface area contributed by atoms with Gasteiger partial charge in [-0.15, -0.1) is 0 Å². The fourth-order valence-electron chi connectivity index (χ4n) is 4.02. The van der Waals surface area contributed by atoms with Crippen LogP contribution in [0, 0.1) is 24.6 Å². The number of rotatable bonds is 1. The average molecular weight is 335 g/mol. The Morgan fingerprint density at radius 3 is 2.72 bits per heavy atom.